The molecule has 0 saturated heterocycles. The molecule has 0 aromatic rings. The summed E-state index contributed by atoms with van der Waals surface area (Å²) >= 11 is 0. The van der Waals surface area contributed by atoms with Crippen molar-refractivity contribution in [3.05, 3.63) is 0 Å². The third-order valence-corrected chi connectivity index (χ3v) is 0. The van der Waals surface area contributed by atoms with Gasteiger partial charge in [-0.2, -0.15) is 0 Å². The SMILES string of the molecule is [Li+].[Li+].[Mo].[S-2].[S-2].[S-2].[S-2]. The molecule has 0 radical (unpaired) electrons. The molecule has 0 aliphatic carbocycles. The van der Waals surface area contributed by atoms with Crippen LogP contribution in [0.4, 0.5) is 0 Å². The van der Waals surface area contributed by atoms with Gasteiger partial charge in [-0.05, 0) is 0 Å². The van der Waals surface area contributed by atoms with Crippen molar-refractivity contribution in [1.82, 2.24) is 0 Å². The van der Waals surface area contributed by atoms with Gasteiger partial charge in [-0.15, -0.1) is 0 Å². The molecule has 38 valence electrons. The monoisotopic (exact) mass is 240 g/mol. The largest absolute Gasteiger partial charge is 2.00 e. The number of rotatable bonds is 0. The van der Waals surface area contributed by atoms with Crippen molar-refractivity contribution in [3.8, 4) is 0 Å². The van der Waals surface area contributed by atoms with Gasteiger partial charge in [-0.25, -0.2) is 0 Å². The quantitative estimate of drug-likeness (QED) is 0.369. The van der Waals surface area contributed by atoms with Crippen LogP contribution in [0.25, 0.3) is 0 Å². The minimum atomic E-state index is 0. The van der Waals surface area contributed by atoms with Crippen LogP contribution in [0.15, 0.2) is 0 Å². The standard InChI is InChI=1S/2Li.Mo.4S/q2*+1;;4*-2. The van der Waals surface area contributed by atoms with E-state index in [9.17, 15) is 0 Å². The van der Waals surface area contributed by atoms with Crippen LogP contribution < -0.4 is 37.7 Å². The van der Waals surface area contributed by atoms with Crippen LogP contribution in [0.5, 0.6) is 0 Å². The summed E-state index contributed by atoms with van der Waals surface area (Å²) in [5.41, 5.74) is 0. The second kappa shape index (κ2) is 59.1. The minimum absolute atomic E-state index is 0. The Morgan fingerprint density at radius 3 is 0.429 bits per heavy atom. The van der Waals surface area contributed by atoms with Crippen LogP contribution in [0.2, 0.25) is 0 Å². The van der Waals surface area contributed by atoms with Crippen molar-refractivity contribution in [2.75, 3.05) is 0 Å². The molecule has 0 heterocycles. The Kier molecular flexibility index (Phi) is 694. The molecule has 0 aromatic carbocycles. The van der Waals surface area contributed by atoms with E-state index in [1.807, 2.05) is 0 Å². The topological polar surface area (TPSA) is 0 Å². The summed E-state index contributed by atoms with van der Waals surface area (Å²) in [6, 6.07) is 0. The van der Waals surface area contributed by atoms with Crippen molar-refractivity contribution >= 4 is 54.0 Å². The first-order valence-corrected chi connectivity index (χ1v) is 0. The zero-order valence-electron chi connectivity index (χ0n) is 4.04. The van der Waals surface area contributed by atoms with Gasteiger partial charge in [0.25, 0.3) is 0 Å². The summed E-state index contributed by atoms with van der Waals surface area (Å²) in [6.07, 6.45) is 0. The van der Waals surface area contributed by atoms with Gasteiger partial charge in [0, 0.05) is 21.1 Å². The van der Waals surface area contributed by atoms with E-state index in [0.717, 1.165) is 0 Å². The third kappa shape index (κ3) is 45.7. The molecular formula is Li2MoS4-6. The molecule has 0 amide bonds. The first-order valence-electron chi connectivity index (χ1n) is 0. The van der Waals surface area contributed by atoms with Crippen molar-refractivity contribution in [2.24, 2.45) is 0 Å². The fraction of sp³-hybridized carbons (Fsp3) is 0. The van der Waals surface area contributed by atoms with E-state index >= 15 is 0 Å². The molecule has 0 fully saturated rings. The molecule has 0 N–H and O–H groups in total. The van der Waals surface area contributed by atoms with Crippen LogP contribution >= 0.6 is 0 Å². The average Bonchev–Trinajstić information content (AvgIpc) is 0. The van der Waals surface area contributed by atoms with Crippen LogP contribution in [0.1, 0.15) is 0 Å². The summed E-state index contributed by atoms with van der Waals surface area (Å²) in [5, 5.41) is 0. The zero-order chi connectivity index (χ0) is 0. The second-order valence-corrected chi connectivity index (χ2v) is 0. The van der Waals surface area contributed by atoms with E-state index in [1.54, 1.807) is 0 Å². The Hall–Kier alpha value is 3.28. The van der Waals surface area contributed by atoms with E-state index in [1.165, 1.54) is 0 Å². The fourth-order valence-electron chi connectivity index (χ4n) is 0. The van der Waals surface area contributed by atoms with E-state index in [-0.39, 0.29) is 113 Å². The molecule has 0 atom stereocenters. The molecule has 7 heteroatoms. The Morgan fingerprint density at radius 2 is 0.429 bits per heavy atom. The second-order valence-electron chi connectivity index (χ2n) is 0. The van der Waals surface area contributed by atoms with Crippen molar-refractivity contribution in [2.45, 2.75) is 0 Å². The molecule has 0 spiro atoms. The van der Waals surface area contributed by atoms with E-state index in [2.05, 4.69) is 0 Å². The van der Waals surface area contributed by atoms with Crippen molar-refractivity contribution in [1.29, 1.82) is 0 Å². The van der Waals surface area contributed by atoms with E-state index in [4.69, 9.17) is 0 Å². The first kappa shape index (κ1) is 82.2. The maximum atomic E-state index is 0. The molecule has 0 unspecified atom stereocenters. The Labute approximate surface area is 111 Å². The number of hydrogen-bond acceptors (Lipinski definition) is 0. The number of hydrogen-bond donors (Lipinski definition) is 0. The predicted octanol–water partition coefficient (Wildman–Crippen LogP) is -6.00. The smallest absolute Gasteiger partial charge is 1.00 e. The Morgan fingerprint density at radius 1 is 0.429 bits per heavy atom. The summed E-state index contributed by atoms with van der Waals surface area (Å²) < 4.78 is 0. The van der Waals surface area contributed by atoms with E-state index < -0.39 is 0 Å². The van der Waals surface area contributed by atoms with Gasteiger partial charge in [-0.1, -0.05) is 0 Å². The zero-order valence-corrected chi connectivity index (χ0v) is 9.31. The van der Waals surface area contributed by atoms with Crippen molar-refractivity contribution < 1.29 is 58.8 Å². The Bertz CT molecular complexity index is 9.65. The van der Waals surface area contributed by atoms with Crippen molar-refractivity contribution in [3.63, 3.8) is 0 Å². The van der Waals surface area contributed by atoms with Gasteiger partial charge in [-0.3, -0.25) is 0 Å². The predicted molar refractivity (Wildman–Crippen MR) is 29.5 cm³/mol. The van der Waals surface area contributed by atoms with Crippen LogP contribution in [0.3, 0.4) is 0 Å². The summed E-state index contributed by atoms with van der Waals surface area (Å²) in [4.78, 5) is 0. The first-order chi connectivity index (χ1) is 0. The molecule has 0 aromatic heterocycles. The maximum Gasteiger partial charge on any atom is 1.00 e. The summed E-state index contributed by atoms with van der Waals surface area (Å²) in [5.74, 6) is 0. The molecule has 0 nitrogen and oxygen atoms in total. The van der Waals surface area contributed by atoms with Gasteiger partial charge < -0.3 is 54.0 Å². The molecular weight excluding hydrogens is 238 g/mol. The Balaban J connectivity index is 0. The normalized spacial score (nSPS) is 0. The molecule has 0 bridgehead atoms. The van der Waals surface area contributed by atoms with Gasteiger partial charge in [0.2, 0.25) is 0 Å². The molecule has 0 rings (SSSR count). The van der Waals surface area contributed by atoms with Gasteiger partial charge in [0.15, 0.2) is 0 Å². The average molecular weight is 238 g/mol. The fourth-order valence-corrected chi connectivity index (χ4v) is 0. The molecule has 0 aliphatic heterocycles. The molecule has 7 heavy (non-hydrogen) atoms. The molecule has 0 saturated carbocycles. The van der Waals surface area contributed by atoms with Crippen LogP contribution in [-0.2, 0) is 75.0 Å². The van der Waals surface area contributed by atoms with Crippen LogP contribution in [-0.4, -0.2) is 0 Å². The van der Waals surface area contributed by atoms with Gasteiger partial charge in [0.1, 0.15) is 0 Å². The minimum Gasteiger partial charge on any atom is -2.00 e. The molecule has 0 aliphatic rings. The van der Waals surface area contributed by atoms with E-state index in [0.29, 0.717) is 0 Å². The summed E-state index contributed by atoms with van der Waals surface area (Å²) in [7, 11) is 0. The van der Waals surface area contributed by atoms with Crippen LogP contribution in [0, 0.1) is 0 Å². The summed E-state index contributed by atoms with van der Waals surface area (Å²) in [6.45, 7) is 0. The third-order valence-electron chi connectivity index (χ3n) is 0. The van der Waals surface area contributed by atoms with Gasteiger partial charge in [0.05, 0.1) is 0 Å². The van der Waals surface area contributed by atoms with Gasteiger partial charge >= 0.3 is 37.7 Å². The maximum absolute atomic E-state index is 0.